The fourth-order valence-corrected chi connectivity index (χ4v) is 3.83. The lowest BCUT2D eigenvalue weighted by molar-refractivity contribution is -0.122. The number of nitrogens with one attached hydrogen (secondary N) is 1. The fourth-order valence-electron chi connectivity index (χ4n) is 3.83. The summed E-state index contributed by atoms with van der Waals surface area (Å²) in [6.45, 7) is 3.97. The Morgan fingerprint density at radius 2 is 1.63 bits per heavy atom. The lowest BCUT2D eigenvalue weighted by Crippen LogP contribution is -2.41. The van der Waals surface area contributed by atoms with Crippen LogP contribution in [0.25, 0.3) is 0 Å². The van der Waals surface area contributed by atoms with Crippen molar-refractivity contribution in [2.24, 2.45) is 0 Å². The van der Waals surface area contributed by atoms with Gasteiger partial charge in [0.05, 0.1) is 6.54 Å². The molecule has 0 saturated carbocycles. The zero-order valence-electron chi connectivity index (χ0n) is 16.5. The molecule has 4 nitrogen and oxygen atoms in total. The van der Waals surface area contributed by atoms with E-state index in [1.54, 1.807) is 0 Å². The molecule has 0 radical (unpaired) electrons. The Morgan fingerprint density at radius 1 is 1.00 bits per heavy atom. The van der Waals surface area contributed by atoms with Gasteiger partial charge in [0.15, 0.2) is 0 Å². The number of carbonyl (C=O) groups excluding carboxylic acids is 1. The number of rotatable bonds is 7. The number of carbonyl (C=O) groups is 1. The Balaban J connectivity index is 1.44. The van der Waals surface area contributed by atoms with Gasteiger partial charge in [-0.2, -0.15) is 0 Å². The van der Waals surface area contributed by atoms with E-state index in [1.807, 2.05) is 6.07 Å². The summed E-state index contributed by atoms with van der Waals surface area (Å²) in [5.74, 6) is 0.747. The first kappa shape index (κ1) is 19.6. The van der Waals surface area contributed by atoms with Crippen molar-refractivity contribution in [3.63, 3.8) is 0 Å². The normalized spacial score (nSPS) is 15.8. The van der Waals surface area contributed by atoms with Crippen molar-refractivity contribution in [1.29, 1.82) is 0 Å². The van der Waals surface area contributed by atoms with E-state index >= 15 is 0 Å². The van der Waals surface area contributed by atoms with Crippen LogP contribution in [-0.2, 0) is 17.9 Å². The maximum atomic E-state index is 12.4. The highest BCUT2D eigenvalue weighted by Gasteiger charge is 2.21. The van der Waals surface area contributed by atoms with Crippen LogP contribution in [0.1, 0.15) is 35.4 Å². The number of hydrogen-bond donors (Lipinski definition) is 1. The van der Waals surface area contributed by atoms with Crippen molar-refractivity contribution in [3.8, 4) is 0 Å². The smallest absolute Gasteiger partial charge is 0.234 e. The molecule has 0 aliphatic carbocycles. The molecule has 0 spiro atoms. The molecule has 2 aromatic carbocycles. The summed E-state index contributed by atoms with van der Waals surface area (Å²) in [5.41, 5.74) is 3.90. The molecule has 1 amide bonds. The number of benzene rings is 2. The summed E-state index contributed by atoms with van der Waals surface area (Å²) in [5, 5.41) is 3.10. The lowest BCUT2D eigenvalue weighted by atomic mass is 9.89. The van der Waals surface area contributed by atoms with Gasteiger partial charge in [0.2, 0.25) is 5.91 Å². The highest BCUT2D eigenvalue weighted by Crippen LogP contribution is 2.27. The van der Waals surface area contributed by atoms with Crippen LogP contribution in [-0.4, -0.2) is 49.4 Å². The minimum absolute atomic E-state index is 0.118. The third kappa shape index (κ3) is 5.91. The van der Waals surface area contributed by atoms with Crippen molar-refractivity contribution in [3.05, 3.63) is 71.3 Å². The van der Waals surface area contributed by atoms with Crippen molar-refractivity contribution >= 4 is 5.91 Å². The van der Waals surface area contributed by atoms with E-state index in [0.717, 1.165) is 32.5 Å². The predicted molar refractivity (Wildman–Crippen MR) is 111 cm³/mol. The van der Waals surface area contributed by atoms with Gasteiger partial charge >= 0.3 is 0 Å². The lowest BCUT2D eigenvalue weighted by Gasteiger charge is -2.31. The van der Waals surface area contributed by atoms with Crippen LogP contribution in [0.15, 0.2) is 54.6 Å². The second-order valence-electron chi connectivity index (χ2n) is 7.74. The van der Waals surface area contributed by atoms with Gasteiger partial charge in [-0.1, -0.05) is 54.6 Å². The molecule has 3 rings (SSSR count). The molecule has 1 saturated heterocycles. The SMILES string of the molecule is CN(C)Cc1ccccc1CNC(=O)CN1CCC(c2ccccc2)CC1. The minimum atomic E-state index is 0.118. The van der Waals surface area contributed by atoms with Gasteiger partial charge < -0.3 is 10.2 Å². The fraction of sp³-hybridized carbons (Fsp3) is 0.435. The third-order valence-corrected chi connectivity index (χ3v) is 5.31. The van der Waals surface area contributed by atoms with Gasteiger partial charge in [0.1, 0.15) is 0 Å². The predicted octanol–water partition coefficient (Wildman–Crippen LogP) is 3.24. The molecular weight excluding hydrogens is 334 g/mol. The molecule has 4 heteroatoms. The van der Waals surface area contributed by atoms with Crippen molar-refractivity contribution in [2.75, 3.05) is 33.7 Å². The van der Waals surface area contributed by atoms with E-state index in [9.17, 15) is 4.79 Å². The molecule has 0 bridgehead atoms. The van der Waals surface area contributed by atoms with Gasteiger partial charge in [0.25, 0.3) is 0 Å². The van der Waals surface area contributed by atoms with Crippen LogP contribution < -0.4 is 5.32 Å². The van der Waals surface area contributed by atoms with Crippen LogP contribution in [0.3, 0.4) is 0 Å². The number of nitrogens with zero attached hydrogens (tertiary/aromatic N) is 2. The van der Waals surface area contributed by atoms with Gasteiger partial charge in [-0.05, 0) is 62.6 Å². The summed E-state index contributed by atoms with van der Waals surface area (Å²) < 4.78 is 0. The second-order valence-corrected chi connectivity index (χ2v) is 7.74. The van der Waals surface area contributed by atoms with Crippen molar-refractivity contribution in [2.45, 2.75) is 31.8 Å². The first-order valence-corrected chi connectivity index (χ1v) is 9.87. The minimum Gasteiger partial charge on any atom is -0.351 e. The summed E-state index contributed by atoms with van der Waals surface area (Å²) in [6.07, 6.45) is 2.26. The first-order valence-electron chi connectivity index (χ1n) is 9.87. The molecule has 0 unspecified atom stereocenters. The van der Waals surface area contributed by atoms with Crippen molar-refractivity contribution in [1.82, 2.24) is 15.1 Å². The van der Waals surface area contributed by atoms with E-state index in [0.29, 0.717) is 19.0 Å². The first-order chi connectivity index (χ1) is 13.1. The Bertz CT molecular complexity index is 721. The van der Waals surface area contributed by atoms with Gasteiger partial charge in [0, 0.05) is 13.1 Å². The quantitative estimate of drug-likeness (QED) is 0.818. The summed E-state index contributed by atoms with van der Waals surface area (Å²) in [6, 6.07) is 19.1. The van der Waals surface area contributed by atoms with E-state index in [1.165, 1.54) is 16.7 Å². The van der Waals surface area contributed by atoms with E-state index in [2.05, 4.69) is 77.7 Å². The standard InChI is InChI=1S/C23H31N3O/c1-25(2)17-22-11-7-6-10-21(22)16-24-23(27)18-26-14-12-20(13-15-26)19-8-4-3-5-9-19/h3-11,20H,12-18H2,1-2H3,(H,24,27). The molecule has 1 heterocycles. The molecule has 0 atom stereocenters. The summed E-state index contributed by atoms with van der Waals surface area (Å²) in [4.78, 5) is 16.8. The number of piperidine rings is 1. The second kappa shape index (κ2) is 9.67. The summed E-state index contributed by atoms with van der Waals surface area (Å²) >= 11 is 0. The largest absolute Gasteiger partial charge is 0.351 e. The summed E-state index contributed by atoms with van der Waals surface area (Å²) in [7, 11) is 4.13. The molecule has 1 aliphatic rings. The molecule has 144 valence electrons. The van der Waals surface area contributed by atoms with Gasteiger partial charge in [-0.3, -0.25) is 9.69 Å². The molecule has 27 heavy (non-hydrogen) atoms. The highest BCUT2D eigenvalue weighted by atomic mass is 16.2. The van der Waals surface area contributed by atoms with Gasteiger partial charge in [-0.25, -0.2) is 0 Å². The Kier molecular flexibility index (Phi) is 7.02. The van der Waals surface area contributed by atoms with E-state index in [4.69, 9.17) is 0 Å². The van der Waals surface area contributed by atoms with Crippen molar-refractivity contribution < 1.29 is 4.79 Å². The van der Waals surface area contributed by atoms with Crippen LogP contribution in [0, 0.1) is 0 Å². The molecule has 0 aromatic heterocycles. The Hall–Kier alpha value is -2.17. The van der Waals surface area contributed by atoms with Crippen LogP contribution >= 0.6 is 0 Å². The molecule has 1 fully saturated rings. The molecular formula is C23H31N3O. The maximum absolute atomic E-state index is 12.4. The topological polar surface area (TPSA) is 35.6 Å². The number of amides is 1. The van der Waals surface area contributed by atoms with E-state index in [-0.39, 0.29) is 5.91 Å². The molecule has 2 aromatic rings. The third-order valence-electron chi connectivity index (χ3n) is 5.31. The van der Waals surface area contributed by atoms with E-state index < -0.39 is 0 Å². The monoisotopic (exact) mass is 365 g/mol. The van der Waals surface area contributed by atoms with Crippen LogP contribution in [0.2, 0.25) is 0 Å². The van der Waals surface area contributed by atoms with Gasteiger partial charge in [-0.15, -0.1) is 0 Å². The number of hydrogen-bond acceptors (Lipinski definition) is 3. The zero-order chi connectivity index (χ0) is 19.1. The zero-order valence-corrected chi connectivity index (χ0v) is 16.5. The number of likely N-dealkylation sites (tertiary alicyclic amines) is 1. The van der Waals surface area contributed by atoms with Crippen LogP contribution in [0.5, 0.6) is 0 Å². The highest BCUT2D eigenvalue weighted by molar-refractivity contribution is 5.78. The van der Waals surface area contributed by atoms with Crippen LogP contribution in [0.4, 0.5) is 0 Å². The Morgan fingerprint density at radius 3 is 2.30 bits per heavy atom. The average Bonchev–Trinajstić information content (AvgIpc) is 2.68. The molecule has 1 N–H and O–H groups in total. The Labute approximate surface area is 163 Å². The molecule has 1 aliphatic heterocycles. The average molecular weight is 366 g/mol. The maximum Gasteiger partial charge on any atom is 0.234 e.